The van der Waals surface area contributed by atoms with Crippen molar-refractivity contribution in [1.82, 2.24) is 5.48 Å². The third-order valence-corrected chi connectivity index (χ3v) is 2.22. The van der Waals surface area contributed by atoms with Crippen LogP contribution in [0.5, 0.6) is 0 Å². The lowest BCUT2D eigenvalue weighted by Crippen LogP contribution is -2.40. The Labute approximate surface area is 95.2 Å². The summed E-state index contributed by atoms with van der Waals surface area (Å²) < 4.78 is 0. The summed E-state index contributed by atoms with van der Waals surface area (Å²) in [5.41, 5.74) is 3.57. The van der Waals surface area contributed by atoms with Crippen LogP contribution in [0.1, 0.15) is 19.4 Å². The molecule has 0 aliphatic rings. The van der Waals surface area contributed by atoms with Crippen LogP contribution in [0.4, 0.5) is 0 Å². The first kappa shape index (κ1) is 12.7. The van der Waals surface area contributed by atoms with Gasteiger partial charge in [-0.2, -0.15) is 5.48 Å². The molecule has 1 atom stereocenters. The molecule has 0 aromatic heterocycles. The third-order valence-electron chi connectivity index (χ3n) is 2.22. The van der Waals surface area contributed by atoms with E-state index in [2.05, 4.69) is 5.48 Å². The Bertz CT molecular complexity index is 324. The summed E-state index contributed by atoms with van der Waals surface area (Å²) in [5.74, 6) is -0.920. The molecule has 0 unspecified atom stereocenters. The number of nitrogens with one attached hydrogen (secondary N) is 1. The van der Waals surface area contributed by atoms with Crippen molar-refractivity contribution in [3.63, 3.8) is 0 Å². The molecule has 0 saturated heterocycles. The number of benzene rings is 1. The molecule has 0 heterocycles. The summed E-state index contributed by atoms with van der Waals surface area (Å²) in [7, 11) is 0. The Kier molecular flexibility index (Phi) is 4.95. The molecule has 0 radical (unpaired) electrons. The number of rotatable bonds is 6. The van der Waals surface area contributed by atoms with E-state index < -0.39 is 12.0 Å². The van der Waals surface area contributed by atoms with Crippen molar-refractivity contribution < 1.29 is 14.7 Å². The first-order valence-corrected chi connectivity index (χ1v) is 5.25. The molecule has 16 heavy (non-hydrogen) atoms. The molecular formula is C12H17NO3. The van der Waals surface area contributed by atoms with Gasteiger partial charge in [0, 0.05) is 0 Å². The van der Waals surface area contributed by atoms with Gasteiger partial charge in [-0.15, -0.1) is 0 Å². The normalized spacial score (nSPS) is 12.7. The quantitative estimate of drug-likeness (QED) is 0.722. The monoisotopic (exact) mass is 223 g/mol. The molecule has 0 bridgehead atoms. The van der Waals surface area contributed by atoms with Gasteiger partial charge in [-0.1, -0.05) is 44.2 Å². The number of hydrogen-bond acceptors (Lipinski definition) is 3. The molecule has 0 amide bonds. The maximum Gasteiger partial charge on any atom is 0.323 e. The smallest absolute Gasteiger partial charge is 0.323 e. The largest absolute Gasteiger partial charge is 0.480 e. The average molecular weight is 223 g/mol. The molecule has 4 heteroatoms. The van der Waals surface area contributed by atoms with Gasteiger partial charge in [0.1, 0.15) is 6.04 Å². The number of carbonyl (C=O) groups is 1. The number of hydroxylamine groups is 1. The maximum absolute atomic E-state index is 10.8. The third kappa shape index (κ3) is 4.00. The Morgan fingerprint density at radius 2 is 2.00 bits per heavy atom. The fraction of sp³-hybridized carbons (Fsp3) is 0.417. The topological polar surface area (TPSA) is 58.6 Å². The number of carboxylic acid groups (broad SMARTS) is 1. The summed E-state index contributed by atoms with van der Waals surface area (Å²) in [4.78, 5) is 16.0. The number of carboxylic acids is 1. The van der Waals surface area contributed by atoms with Gasteiger partial charge in [0.2, 0.25) is 0 Å². The van der Waals surface area contributed by atoms with Crippen LogP contribution in [0.2, 0.25) is 0 Å². The highest BCUT2D eigenvalue weighted by Crippen LogP contribution is 2.04. The molecule has 0 saturated carbocycles. The van der Waals surface area contributed by atoms with E-state index >= 15 is 0 Å². The molecule has 88 valence electrons. The van der Waals surface area contributed by atoms with Gasteiger partial charge in [0.25, 0.3) is 0 Å². The van der Waals surface area contributed by atoms with Crippen LogP contribution in [0.15, 0.2) is 30.3 Å². The lowest BCUT2D eigenvalue weighted by Gasteiger charge is -2.17. The van der Waals surface area contributed by atoms with Crippen LogP contribution in [0, 0.1) is 5.92 Å². The zero-order valence-corrected chi connectivity index (χ0v) is 9.51. The SMILES string of the molecule is CC(C)[C@@H](NOCc1ccccc1)C(=O)O. The van der Waals surface area contributed by atoms with Gasteiger partial charge in [-0.25, -0.2) is 0 Å². The Morgan fingerprint density at radius 1 is 1.38 bits per heavy atom. The number of aliphatic carboxylic acids is 1. The van der Waals surface area contributed by atoms with Gasteiger partial charge in [-0.05, 0) is 11.5 Å². The lowest BCUT2D eigenvalue weighted by molar-refractivity contribution is -0.146. The maximum atomic E-state index is 10.8. The molecule has 2 N–H and O–H groups in total. The van der Waals surface area contributed by atoms with Gasteiger partial charge in [0.05, 0.1) is 6.61 Å². The van der Waals surface area contributed by atoms with Crippen molar-refractivity contribution in [3.05, 3.63) is 35.9 Å². The summed E-state index contributed by atoms with van der Waals surface area (Å²) in [6.07, 6.45) is 0. The van der Waals surface area contributed by atoms with Crippen LogP contribution < -0.4 is 5.48 Å². The van der Waals surface area contributed by atoms with Crippen molar-refractivity contribution in [2.45, 2.75) is 26.5 Å². The van der Waals surface area contributed by atoms with Gasteiger partial charge in [0.15, 0.2) is 0 Å². The highest BCUT2D eigenvalue weighted by Gasteiger charge is 2.20. The van der Waals surface area contributed by atoms with Gasteiger partial charge in [-0.3, -0.25) is 9.63 Å². The van der Waals surface area contributed by atoms with Gasteiger partial charge < -0.3 is 5.11 Å². The molecule has 0 fully saturated rings. The highest BCUT2D eigenvalue weighted by molar-refractivity contribution is 5.73. The van der Waals surface area contributed by atoms with Crippen LogP contribution >= 0.6 is 0 Å². The molecule has 1 aromatic rings. The van der Waals surface area contributed by atoms with E-state index in [-0.39, 0.29) is 5.92 Å². The van der Waals surface area contributed by atoms with E-state index in [9.17, 15) is 4.79 Å². The van der Waals surface area contributed by atoms with Crippen molar-refractivity contribution in [3.8, 4) is 0 Å². The van der Waals surface area contributed by atoms with Crippen molar-refractivity contribution in [1.29, 1.82) is 0 Å². The van der Waals surface area contributed by atoms with E-state index in [1.807, 2.05) is 44.2 Å². The minimum absolute atomic E-state index is 0.0201. The van der Waals surface area contributed by atoms with Crippen molar-refractivity contribution >= 4 is 5.97 Å². The van der Waals surface area contributed by atoms with Crippen LogP contribution in [0.3, 0.4) is 0 Å². The van der Waals surface area contributed by atoms with E-state index in [4.69, 9.17) is 9.94 Å². The fourth-order valence-electron chi connectivity index (χ4n) is 1.26. The molecule has 0 aliphatic heterocycles. The molecular weight excluding hydrogens is 206 g/mol. The van der Waals surface area contributed by atoms with Crippen molar-refractivity contribution in [2.75, 3.05) is 0 Å². The van der Waals surface area contributed by atoms with Crippen molar-refractivity contribution in [2.24, 2.45) is 5.92 Å². The second-order valence-corrected chi connectivity index (χ2v) is 3.95. The first-order chi connectivity index (χ1) is 7.61. The predicted octanol–water partition coefficient (Wildman–Crippen LogP) is 1.82. The molecule has 1 aromatic carbocycles. The minimum atomic E-state index is -0.900. The van der Waals surface area contributed by atoms with E-state index in [0.29, 0.717) is 6.61 Å². The zero-order chi connectivity index (χ0) is 12.0. The van der Waals surface area contributed by atoms with Crippen LogP contribution in [0.25, 0.3) is 0 Å². The minimum Gasteiger partial charge on any atom is -0.480 e. The lowest BCUT2D eigenvalue weighted by atomic mass is 10.1. The van der Waals surface area contributed by atoms with E-state index in [1.54, 1.807) is 0 Å². The summed E-state index contributed by atoms with van der Waals surface area (Å²) in [6.45, 7) is 4.02. The van der Waals surface area contributed by atoms with E-state index in [1.165, 1.54) is 0 Å². The predicted molar refractivity (Wildman–Crippen MR) is 60.6 cm³/mol. The molecule has 1 rings (SSSR count). The van der Waals surface area contributed by atoms with E-state index in [0.717, 1.165) is 5.56 Å². The Balaban J connectivity index is 2.37. The van der Waals surface area contributed by atoms with Gasteiger partial charge >= 0.3 is 5.97 Å². The standard InChI is InChI=1S/C12H17NO3/c1-9(2)11(12(14)15)13-16-8-10-6-4-3-5-7-10/h3-7,9,11,13H,8H2,1-2H3,(H,14,15)/t11-/m1/s1. The second kappa shape index (κ2) is 6.25. The van der Waals surface area contributed by atoms with Crippen LogP contribution in [-0.2, 0) is 16.2 Å². The molecule has 4 nitrogen and oxygen atoms in total. The second-order valence-electron chi connectivity index (χ2n) is 3.95. The fourth-order valence-corrected chi connectivity index (χ4v) is 1.26. The Hall–Kier alpha value is -1.39. The zero-order valence-electron chi connectivity index (χ0n) is 9.51. The molecule has 0 aliphatic carbocycles. The average Bonchev–Trinajstić information content (AvgIpc) is 2.24. The summed E-state index contributed by atoms with van der Waals surface area (Å²) >= 11 is 0. The number of hydrogen-bond donors (Lipinski definition) is 2. The first-order valence-electron chi connectivity index (χ1n) is 5.25. The molecule has 0 spiro atoms. The Morgan fingerprint density at radius 3 is 2.50 bits per heavy atom. The van der Waals surface area contributed by atoms with Crippen LogP contribution in [-0.4, -0.2) is 17.1 Å². The summed E-state index contributed by atoms with van der Waals surface area (Å²) in [5, 5.41) is 8.90. The summed E-state index contributed by atoms with van der Waals surface area (Å²) in [6, 6.07) is 8.92. The highest BCUT2D eigenvalue weighted by atomic mass is 16.6.